The Morgan fingerprint density at radius 3 is 2.29 bits per heavy atom. The smallest absolute Gasteiger partial charge is 0.0233 e. The van der Waals surface area contributed by atoms with Crippen LogP contribution in [0.2, 0.25) is 0 Å². The number of benzene rings is 3. The molecule has 0 saturated carbocycles. The van der Waals surface area contributed by atoms with Crippen LogP contribution in [0.1, 0.15) is 40.7 Å². The molecule has 1 aliphatic rings. The Morgan fingerprint density at radius 2 is 1.54 bits per heavy atom. The topological polar surface area (TPSA) is 3.24 Å². The van der Waals surface area contributed by atoms with Crippen LogP contribution in [0.3, 0.4) is 0 Å². The first-order chi connectivity index (χ1) is 13.7. The average Bonchev–Trinajstić information content (AvgIpc) is 3.22. The van der Waals surface area contributed by atoms with E-state index in [2.05, 4.69) is 97.6 Å². The monoisotopic (exact) mass is 367 g/mol. The maximum atomic E-state index is 2.56. The SMILES string of the molecule is Cc1cc(CN2CCCC2)ccc1/C=C/c1cccc(-c2ccccc2)c1C. The van der Waals surface area contributed by atoms with Crippen LogP contribution < -0.4 is 0 Å². The van der Waals surface area contributed by atoms with E-state index in [0.29, 0.717) is 0 Å². The van der Waals surface area contributed by atoms with Gasteiger partial charge in [-0.2, -0.15) is 0 Å². The van der Waals surface area contributed by atoms with Crippen LogP contribution in [0.15, 0.2) is 66.7 Å². The number of likely N-dealkylation sites (tertiary alicyclic amines) is 1. The highest BCUT2D eigenvalue weighted by atomic mass is 15.1. The lowest BCUT2D eigenvalue weighted by molar-refractivity contribution is 0.331. The minimum Gasteiger partial charge on any atom is -0.299 e. The summed E-state index contributed by atoms with van der Waals surface area (Å²) in [5, 5.41) is 0. The van der Waals surface area contributed by atoms with Crippen LogP contribution in [0.25, 0.3) is 23.3 Å². The van der Waals surface area contributed by atoms with Crippen molar-refractivity contribution in [1.29, 1.82) is 0 Å². The average molecular weight is 368 g/mol. The molecule has 1 aliphatic heterocycles. The number of aryl methyl sites for hydroxylation is 1. The van der Waals surface area contributed by atoms with Crippen molar-refractivity contribution in [2.75, 3.05) is 13.1 Å². The Labute approximate surface area is 169 Å². The van der Waals surface area contributed by atoms with Crippen LogP contribution in [-0.4, -0.2) is 18.0 Å². The number of nitrogens with zero attached hydrogens (tertiary/aromatic N) is 1. The summed E-state index contributed by atoms with van der Waals surface area (Å²) in [5.41, 5.74) is 9.27. The first-order valence-electron chi connectivity index (χ1n) is 10.4. The normalized spacial score (nSPS) is 14.8. The van der Waals surface area contributed by atoms with Gasteiger partial charge in [0.25, 0.3) is 0 Å². The van der Waals surface area contributed by atoms with Crippen LogP contribution in [0, 0.1) is 13.8 Å². The second-order valence-corrected chi connectivity index (χ2v) is 7.89. The van der Waals surface area contributed by atoms with Gasteiger partial charge in [0.05, 0.1) is 0 Å². The number of rotatable bonds is 5. The Morgan fingerprint density at radius 1 is 0.786 bits per heavy atom. The zero-order valence-corrected chi connectivity index (χ0v) is 17.0. The van der Waals surface area contributed by atoms with Crippen molar-refractivity contribution in [3.63, 3.8) is 0 Å². The minimum absolute atomic E-state index is 1.09. The summed E-state index contributed by atoms with van der Waals surface area (Å²) in [6.45, 7) is 8.02. The lowest BCUT2D eigenvalue weighted by Crippen LogP contribution is -2.18. The third-order valence-electron chi connectivity index (χ3n) is 5.84. The van der Waals surface area contributed by atoms with Gasteiger partial charge in [-0.05, 0) is 78.7 Å². The van der Waals surface area contributed by atoms with Crippen molar-refractivity contribution < 1.29 is 0 Å². The van der Waals surface area contributed by atoms with Crippen molar-refractivity contribution in [3.8, 4) is 11.1 Å². The highest BCUT2D eigenvalue weighted by molar-refractivity contribution is 5.78. The summed E-state index contributed by atoms with van der Waals surface area (Å²) in [7, 11) is 0. The summed E-state index contributed by atoms with van der Waals surface area (Å²) < 4.78 is 0. The van der Waals surface area contributed by atoms with Gasteiger partial charge in [0.1, 0.15) is 0 Å². The molecule has 0 radical (unpaired) electrons. The largest absolute Gasteiger partial charge is 0.299 e. The molecule has 28 heavy (non-hydrogen) atoms. The Kier molecular flexibility index (Phi) is 5.73. The maximum absolute atomic E-state index is 2.56. The highest BCUT2D eigenvalue weighted by Gasteiger charge is 2.12. The van der Waals surface area contributed by atoms with E-state index in [1.54, 1.807) is 0 Å². The molecule has 3 aromatic rings. The molecule has 1 heteroatoms. The molecule has 1 nitrogen and oxygen atoms in total. The molecule has 0 amide bonds. The lowest BCUT2D eigenvalue weighted by atomic mass is 9.95. The van der Waals surface area contributed by atoms with Gasteiger partial charge in [0.15, 0.2) is 0 Å². The first kappa shape index (κ1) is 18.7. The fourth-order valence-corrected chi connectivity index (χ4v) is 4.17. The van der Waals surface area contributed by atoms with Crippen molar-refractivity contribution in [3.05, 3.63) is 94.5 Å². The highest BCUT2D eigenvalue weighted by Crippen LogP contribution is 2.27. The molecule has 142 valence electrons. The molecule has 0 aliphatic carbocycles. The molecular formula is C27H29N. The summed E-state index contributed by atoms with van der Waals surface area (Å²) in [6.07, 6.45) is 7.21. The van der Waals surface area contributed by atoms with E-state index in [9.17, 15) is 0 Å². The van der Waals surface area contributed by atoms with Gasteiger partial charge in [0.2, 0.25) is 0 Å². The zero-order valence-electron chi connectivity index (χ0n) is 17.0. The van der Waals surface area contributed by atoms with Gasteiger partial charge in [-0.25, -0.2) is 0 Å². The molecule has 0 atom stereocenters. The fraction of sp³-hybridized carbons (Fsp3) is 0.259. The summed E-state index contributed by atoms with van der Waals surface area (Å²) in [5.74, 6) is 0. The van der Waals surface area contributed by atoms with Crippen LogP contribution in [-0.2, 0) is 6.54 Å². The Bertz CT molecular complexity index is 963. The van der Waals surface area contributed by atoms with Crippen LogP contribution in [0.4, 0.5) is 0 Å². The van der Waals surface area contributed by atoms with E-state index < -0.39 is 0 Å². The molecule has 1 saturated heterocycles. The number of hydrogen-bond donors (Lipinski definition) is 0. The summed E-state index contributed by atoms with van der Waals surface area (Å²) in [4.78, 5) is 2.56. The van der Waals surface area contributed by atoms with Gasteiger partial charge < -0.3 is 0 Å². The molecule has 3 aromatic carbocycles. The maximum Gasteiger partial charge on any atom is 0.0233 e. The molecule has 1 heterocycles. The first-order valence-corrected chi connectivity index (χ1v) is 10.4. The molecule has 0 N–H and O–H groups in total. The van der Waals surface area contributed by atoms with Gasteiger partial charge in [-0.1, -0.05) is 78.9 Å². The zero-order chi connectivity index (χ0) is 19.3. The quantitative estimate of drug-likeness (QED) is 0.452. The van der Waals surface area contributed by atoms with Crippen LogP contribution in [0.5, 0.6) is 0 Å². The van der Waals surface area contributed by atoms with Gasteiger partial charge in [-0.15, -0.1) is 0 Å². The van der Waals surface area contributed by atoms with E-state index in [-0.39, 0.29) is 0 Å². The Hall–Kier alpha value is -2.64. The van der Waals surface area contributed by atoms with Gasteiger partial charge in [0, 0.05) is 6.54 Å². The van der Waals surface area contributed by atoms with E-state index in [1.807, 2.05) is 0 Å². The van der Waals surface area contributed by atoms with Crippen molar-refractivity contribution in [1.82, 2.24) is 4.90 Å². The van der Waals surface area contributed by atoms with Crippen LogP contribution >= 0.6 is 0 Å². The van der Waals surface area contributed by atoms with E-state index in [4.69, 9.17) is 0 Å². The Balaban J connectivity index is 1.54. The van der Waals surface area contributed by atoms with Crippen molar-refractivity contribution >= 4 is 12.2 Å². The third kappa shape index (κ3) is 4.26. The molecule has 0 aromatic heterocycles. The van der Waals surface area contributed by atoms with Crippen molar-refractivity contribution in [2.45, 2.75) is 33.2 Å². The third-order valence-corrected chi connectivity index (χ3v) is 5.84. The van der Waals surface area contributed by atoms with E-state index in [1.165, 1.54) is 64.9 Å². The molecule has 0 unspecified atom stereocenters. The molecule has 1 fully saturated rings. The van der Waals surface area contributed by atoms with Gasteiger partial charge in [-0.3, -0.25) is 4.90 Å². The van der Waals surface area contributed by atoms with Crippen molar-refractivity contribution in [2.24, 2.45) is 0 Å². The summed E-state index contributed by atoms with van der Waals surface area (Å²) in [6, 6.07) is 24.1. The van der Waals surface area contributed by atoms with E-state index >= 15 is 0 Å². The van der Waals surface area contributed by atoms with Gasteiger partial charge >= 0.3 is 0 Å². The molecule has 0 bridgehead atoms. The summed E-state index contributed by atoms with van der Waals surface area (Å²) >= 11 is 0. The second kappa shape index (κ2) is 8.58. The number of hydrogen-bond acceptors (Lipinski definition) is 1. The molecule has 0 spiro atoms. The predicted molar refractivity (Wildman–Crippen MR) is 121 cm³/mol. The molecule has 4 rings (SSSR count). The predicted octanol–water partition coefficient (Wildman–Crippen LogP) is 6.74. The minimum atomic E-state index is 1.09. The standard InChI is InChI=1S/C27H29N/c1-21-19-23(20-28-17-6-7-18-28)13-14-24(21)15-16-25-11-8-12-27(22(25)2)26-9-4-3-5-10-26/h3-5,8-16,19H,6-7,17-18,20H2,1-2H3/b16-15+. The lowest BCUT2D eigenvalue weighted by Gasteiger charge is -2.15. The fourth-order valence-electron chi connectivity index (χ4n) is 4.17. The second-order valence-electron chi connectivity index (χ2n) is 7.89. The molecular weight excluding hydrogens is 338 g/mol. The van der Waals surface area contributed by atoms with E-state index in [0.717, 1.165) is 6.54 Å².